The number of carboxylic acid groups (broad SMARTS) is 1. The summed E-state index contributed by atoms with van der Waals surface area (Å²) in [5.74, 6) is -0.348. The van der Waals surface area contributed by atoms with Crippen molar-refractivity contribution >= 4 is 11.7 Å². The van der Waals surface area contributed by atoms with Crippen molar-refractivity contribution in [2.45, 2.75) is 33.2 Å². The van der Waals surface area contributed by atoms with Crippen LogP contribution in [0.5, 0.6) is 0 Å². The normalized spacial score (nSPS) is 12.5. The van der Waals surface area contributed by atoms with Gasteiger partial charge in [-0.25, -0.2) is 4.79 Å². The van der Waals surface area contributed by atoms with Gasteiger partial charge >= 0.3 is 5.97 Å². The first-order valence-electron chi connectivity index (χ1n) is 5.83. The zero-order chi connectivity index (χ0) is 13.0. The minimum absolute atomic E-state index is 0.255. The molecule has 0 aromatic carbocycles. The number of aromatic nitrogens is 1. The third-order valence-electron chi connectivity index (χ3n) is 2.88. The number of aromatic carboxylic acids is 1. The van der Waals surface area contributed by atoms with Crippen LogP contribution < -0.4 is 4.90 Å². The van der Waals surface area contributed by atoms with Crippen LogP contribution in [0.1, 0.15) is 37.6 Å². The molecule has 0 fully saturated rings. The van der Waals surface area contributed by atoms with Crippen LogP contribution >= 0.6 is 0 Å². The zero-order valence-electron chi connectivity index (χ0n) is 10.8. The number of carboxylic acids is 1. The first-order valence-corrected chi connectivity index (χ1v) is 5.83. The fourth-order valence-corrected chi connectivity index (χ4v) is 1.94. The number of pyridine rings is 1. The molecule has 0 aliphatic rings. The number of carbonyl (C=O) groups is 1. The molecule has 0 saturated carbocycles. The molecule has 0 radical (unpaired) electrons. The van der Waals surface area contributed by atoms with Crippen LogP contribution in [0.2, 0.25) is 0 Å². The summed E-state index contributed by atoms with van der Waals surface area (Å²) in [6, 6.07) is 2.05. The number of anilines is 1. The van der Waals surface area contributed by atoms with Gasteiger partial charge in [-0.1, -0.05) is 13.8 Å². The minimum atomic E-state index is -0.934. The highest BCUT2D eigenvalue weighted by atomic mass is 16.4. The molecule has 0 bridgehead atoms. The van der Waals surface area contributed by atoms with Crippen LogP contribution in [0.3, 0.4) is 0 Å². The highest BCUT2D eigenvalue weighted by Crippen LogP contribution is 2.22. The lowest BCUT2D eigenvalue weighted by molar-refractivity contribution is 0.0697. The van der Waals surface area contributed by atoms with Crippen LogP contribution in [-0.2, 0) is 0 Å². The molecule has 1 N–H and O–H groups in total. The fourth-order valence-electron chi connectivity index (χ4n) is 1.94. The predicted molar refractivity (Wildman–Crippen MR) is 68.5 cm³/mol. The van der Waals surface area contributed by atoms with Gasteiger partial charge < -0.3 is 10.0 Å². The zero-order valence-corrected chi connectivity index (χ0v) is 10.8. The van der Waals surface area contributed by atoms with E-state index in [9.17, 15) is 4.79 Å². The molecule has 94 valence electrons. The van der Waals surface area contributed by atoms with E-state index in [2.05, 4.69) is 25.8 Å². The lowest BCUT2D eigenvalue weighted by Gasteiger charge is -2.29. The highest BCUT2D eigenvalue weighted by molar-refractivity contribution is 5.94. The SMILES string of the molecule is CC(C)CC(C)N(C)c1ccncc1C(=O)O. The van der Waals surface area contributed by atoms with Gasteiger partial charge in [0.05, 0.1) is 5.69 Å². The Hall–Kier alpha value is -1.58. The average Bonchev–Trinajstić information content (AvgIpc) is 2.27. The summed E-state index contributed by atoms with van der Waals surface area (Å²) >= 11 is 0. The standard InChI is InChI=1S/C13H20N2O2/c1-9(2)7-10(3)15(4)12-5-6-14-8-11(12)13(16)17/h5-6,8-10H,7H2,1-4H3,(H,16,17). The average molecular weight is 236 g/mol. The molecule has 1 heterocycles. The van der Waals surface area contributed by atoms with Crippen LogP contribution in [0.4, 0.5) is 5.69 Å². The molecule has 0 amide bonds. The molecular weight excluding hydrogens is 216 g/mol. The van der Waals surface area contributed by atoms with E-state index in [1.807, 2.05) is 11.9 Å². The van der Waals surface area contributed by atoms with Gasteiger partial charge in [-0.3, -0.25) is 4.98 Å². The maximum Gasteiger partial charge on any atom is 0.339 e. The highest BCUT2D eigenvalue weighted by Gasteiger charge is 2.17. The fraction of sp³-hybridized carbons (Fsp3) is 0.538. The molecule has 0 spiro atoms. The molecular formula is C13H20N2O2. The van der Waals surface area contributed by atoms with Crippen molar-refractivity contribution in [1.29, 1.82) is 0 Å². The van der Waals surface area contributed by atoms with Crippen molar-refractivity contribution in [2.24, 2.45) is 5.92 Å². The molecule has 0 saturated heterocycles. The summed E-state index contributed by atoms with van der Waals surface area (Å²) in [5.41, 5.74) is 0.978. The van der Waals surface area contributed by atoms with E-state index in [4.69, 9.17) is 5.11 Å². The maximum atomic E-state index is 11.1. The Morgan fingerprint density at radius 3 is 2.65 bits per heavy atom. The topological polar surface area (TPSA) is 53.4 Å². The number of hydrogen-bond acceptors (Lipinski definition) is 3. The van der Waals surface area contributed by atoms with E-state index in [-0.39, 0.29) is 5.56 Å². The van der Waals surface area contributed by atoms with Gasteiger partial charge in [0.25, 0.3) is 0 Å². The molecule has 0 aliphatic heterocycles. The second-order valence-corrected chi connectivity index (χ2v) is 4.79. The van der Waals surface area contributed by atoms with Gasteiger partial charge in [-0.2, -0.15) is 0 Å². The first-order chi connectivity index (χ1) is 7.93. The van der Waals surface area contributed by atoms with E-state index in [1.54, 1.807) is 12.3 Å². The lowest BCUT2D eigenvalue weighted by Crippen LogP contribution is -2.31. The first kappa shape index (κ1) is 13.5. The number of nitrogens with zero attached hydrogens (tertiary/aromatic N) is 2. The van der Waals surface area contributed by atoms with Crippen LogP contribution in [0.25, 0.3) is 0 Å². The molecule has 4 nitrogen and oxygen atoms in total. The summed E-state index contributed by atoms with van der Waals surface area (Å²) in [5, 5.41) is 9.11. The lowest BCUT2D eigenvalue weighted by atomic mass is 10.0. The van der Waals surface area contributed by atoms with Crippen LogP contribution in [-0.4, -0.2) is 29.1 Å². The van der Waals surface area contributed by atoms with Crippen molar-refractivity contribution in [3.8, 4) is 0 Å². The van der Waals surface area contributed by atoms with Crippen molar-refractivity contribution in [2.75, 3.05) is 11.9 Å². The molecule has 1 atom stereocenters. The Bertz CT molecular complexity index is 391. The molecule has 1 aromatic heterocycles. The van der Waals surface area contributed by atoms with Crippen molar-refractivity contribution in [3.63, 3.8) is 0 Å². The monoisotopic (exact) mass is 236 g/mol. The largest absolute Gasteiger partial charge is 0.478 e. The summed E-state index contributed by atoms with van der Waals surface area (Å²) in [6.07, 6.45) is 4.05. The second-order valence-electron chi connectivity index (χ2n) is 4.79. The Balaban J connectivity index is 2.95. The van der Waals surface area contributed by atoms with Gasteiger partial charge in [0.15, 0.2) is 0 Å². The summed E-state index contributed by atoms with van der Waals surface area (Å²) in [7, 11) is 1.93. The Kier molecular flexibility index (Phi) is 4.49. The molecule has 1 aromatic rings. The molecule has 1 rings (SSSR count). The van der Waals surface area contributed by atoms with Gasteiger partial charge in [0, 0.05) is 25.5 Å². The third-order valence-corrected chi connectivity index (χ3v) is 2.88. The van der Waals surface area contributed by atoms with E-state index < -0.39 is 5.97 Å². The summed E-state index contributed by atoms with van der Waals surface area (Å²) < 4.78 is 0. The van der Waals surface area contributed by atoms with Crippen LogP contribution in [0, 0.1) is 5.92 Å². The molecule has 17 heavy (non-hydrogen) atoms. The van der Waals surface area contributed by atoms with Crippen molar-refractivity contribution < 1.29 is 9.90 Å². The van der Waals surface area contributed by atoms with Crippen molar-refractivity contribution in [3.05, 3.63) is 24.0 Å². The summed E-state index contributed by atoms with van der Waals surface area (Å²) in [4.78, 5) is 17.0. The third kappa shape index (κ3) is 3.44. The van der Waals surface area contributed by atoms with Crippen LogP contribution in [0.15, 0.2) is 18.5 Å². The molecule has 1 unspecified atom stereocenters. The molecule has 4 heteroatoms. The predicted octanol–water partition coefficient (Wildman–Crippen LogP) is 2.65. The van der Waals surface area contributed by atoms with E-state index in [1.165, 1.54) is 6.20 Å². The summed E-state index contributed by atoms with van der Waals surface area (Å²) in [6.45, 7) is 6.43. The number of rotatable bonds is 5. The second kappa shape index (κ2) is 5.66. The smallest absolute Gasteiger partial charge is 0.339 e. The van der Waals surface area contributed by atoms with Crippen molar-refractivity contribution in [1.82, 2.24) is 4.98 Å². The van der Waals surface area contributed by atoms with E-state index in [0.29, 0.717) is 12.0 Å². The number of hydrogen-bond donors (Lipinski definition) is 1. The Morgan fingerprint density at radius 2 is 2.12 bits per heavy atom. The van der Waals surface area contributed by atoms with Gasteiger partial charge in [0.1, 0.15) is 5.56 Å². The van der Waals surface area contributed by atoms with Gasteiger partial charge in [-0.15, -0.1) is 0 Å². The van der Waals surface area contributed by atoms with E-state index in [0.717, 1.165) is 12.1 Å². The quantitative estimate of drug-likeness (QED) is 0.854. The van der Waals surface area contributed by atoms with Gasteiger partial charge in [-0.05, 0) is 25.3 Å². The Labute approximate surface area is 102 Å². The van der Waals surface area contributed by atoms with E-state index >= 15 is 0 Å². The maximum absolute atomic E-state index is 11.1. The molecule has 0 aliphatic carbocycles. The van der Waals surface area contributed by atoms with Gasteiger partial charge in [0.2, 0.25) is 0 Å². The minimum Gasteiger partial charge on any atom is -0.478 e. The Morgan fingerprint density at radius 1 is 1.47 bits per heavy atom.